The molecule has 0 atom stereocenters. The van der Waals surface area contributed by atoms with Gasteiger partial charge in [-0.3, -0.25) is 14.9 Å². The largest absolute Gasteiger partial charge is 0.481 e. The fourth-order valence-electron chi connectivity index (χ4n) is 1.56. The summed E-state index contributed by atoms with van der Waals surface area (Å²) in [6, 6.07) is 4.08. The molecule has 0 aromatic heterocycles. The average Bonchev–Trinajstić information content (AvgIpc) is 2.34. The van der Waals surface area contributed by atoms with Crippen LogP contribution in [0.25, 0.3) is 0 Å². The number of carboxylic acid groups (broad SMARTS) is 1. The van der Waals surface area contributed by atoms with E-state index in [-0.39, 0.29) is 23.7 Å². The molecule has 0 heterocycles. The van der Waals surface area contributed by atoms with Gasteiger partial charge in [0.15, 0.2) is 0 Å². The fraction of sp³-hybridized carbons (Fsp3) is 0.250. The molecule has 0 spiro atoms. The number of rotatable bonds is 7. The lowest BCUT2D eigenvalue weighted by atomic mass is 10.2. The molecule has 1 N–H and O–H groups in total. The first-order chi connectivity index (χ1) is 8.95. The molecule has 0 fully saturated rings. The zero-order chi connectivity index (χ0) is 14.4. The molecule has 1 aromatic carbocycles. The van der Waals surface area contributed by atoms with Gasteiger partial charge >= 0.3 is 5.97 Å². The van der Waals surface area contributed by atoms with Crippen LogP contribution in [0.5, 0.6) is 0 Å². The normalized spacial score (nSPS) is 9.95. The van der Waals surface area contributed by atoms with Crippen LogP contribution in [0.2, 0.25) is 5.02 Å². The summed E-state index contributed by atoms with van der Waals surface area (Å²) in [5.41, 5.74) is 0.443. The van der Waals surface area contributed by atoms with E-state index in [0.717, 1.165) is 0 Å². The predicted octanol–water partition coefficient (Wildman–Crippen LogP) is 2.72. The van der Waals surface area contributed by atoms with Crippen molar-refractivity contribution in [3.63, 3.8) is 0 Å². The van der Waals surface area contributed by atoms with Crippen LogP contribution in [0.4, 0.5) is 11.4 Å². The minimum Gasteiger partial charge on any atom is -0.481 e. The summed E-state index contributed by atoms with van der Waals surface area (Å²) in [6.07, 6.45) is 1.56. The number of halogens is 1. The van der Waals surface area contributed by atoms with Crippen molar-refractivity contribution in [1.29, 1.82) is 0 Å². The minimum absolute atomic E-state index is 0.0544. The van der Waals surface area contributed by atoms with Gasteiger partial charge in [0, 0.05) is 25.2 Å². The molecule has 0 radical (unpaired) electrons. The smallest absolute Gasteiger partial charge is 0.305 e. The highest BCUT2D eigenvalue weighted by Gasteiger charge is 2.14. The number of nitro benzene ring substituents is 1. The molecule has 0 aliphatic rings. The van der Waals surface area contributed by atoms with Crippen LogP contribution in [0.3, 0.4) is 0 Å². The molecule has 0 amide bonds. The number of non-ortho nitro benzene ring substituents is 1. The van der Waals surface area contributed by atoms with Gasteiger partial charge in [0.25, 0.3) is 5.69 Å². The highest BCUT2D eigenvalue weighted by Crippen LogP contribution is 2.29. The Morgan fingerprint density at radius 1 is 1.58 bits per heavy atom. The Bertz CT molecular complexity index is 505. The summed E-state index contributed by atoms with van der Waals surface area (Å²) in [6.45, 7) is 4.24. The Morgan fingerprint density at radius 2 is 2.26 bits per heavy atom. The van der Waals surface area contributed by atoms with E-state index in [1.54, 1.807) is 11.0 Å². The number of hydrogen-bond donors (Lipinski definition) is 1. The van der Waals surface area contributed by atoms with E-state index in [1.165, 1.54) is 18.2 Å². The Kier molecular flexibility index (Phi) is 5.32. The van der Waals surface area contributed by atoms with Gasteiger partial charge in [-0.25, -0.2) is 0 Å². The lowest BCUT2D eigenvalue weighted by Gasteiger charge is -2.23. The molecule has 19 heavy (non-hydrogen) atoms. The SMILES string of the molecule is C=CCN(CCC(=O)O)c1ccc([N+](=O)[O-])cc1Cl. The third-order valence-corrected chi connectivity index (χ3v) is 2.73. The van der Waals surface area contributed by atoms with Crippen LogP contribution in [0, 0.1) is 10.1 Å². The standard InChI is InChI=1S/C12H13ClN2O4/c1-2-6-14(7-5-12(16)17)11-4-3-9(15(18)19)8-10(11)13/h2-4,8H,1,5-7H2,(H,16,17). The van der Waals surface area contributed by atoms with Crippen LogP contribution in [0.1, 0.15) is 6.42 Å². The molecule has 0 saturated carbocycles. The Morgan fingerprint density at radius 3 is 2.74 bits per heavy atom. The molecule has 7 heteroatoms. The number of carbonyl (C=O) groups is 1. The molecule has 6 nitrogen and oxygen atoms in total. The number of anilines is 1. The van der Waals surface area contributed by atoms with Crippen LogP contribution < -0.4 is 4.90 Å². The summed E-state index contributed by atoms with van der Waals surface area (Å²) in [5.74, 6) is -0.924. The Labute approximate surface area is 115 Å². The molecule has 1 aromatic rings. The molecule has 0 bridgehead atoms. The van der Waals surface area contributed by atoms with Gasteiger partial charge in [-0.1, -0.05) is 17.7 Å². The number of hydrogen-bond acceptors (Lipinski definition) is 4. The van der Waals surface area contributed by atoms with E-state index in [2.05, 4.69) is 6.58 Å². The fourth-order valence-corrected chi connectivity index (χ4v) is 1.86. The first kappa shape index (κ1) is 15.0. The summed E-state index contributed by atoms with van der Waals surface area (Å²) >= 11 is 5.99. The topological polar surface area (TPSA) is 83.7 Å². The lowest BCUT2D eigenvalue weighted by Crippen LogP contribution is -2.26. The zero-order valence-electron chi connectivity index (χ0n) is 10.1. The second-order valence-corrected chi connectivity index (χ2v) is 4.18. The quantitative estimate of drug-likeness (QED) is 0.473. The number of nitro groups is 1. The highest BCUT2D eigenvalue weighted by molar-refractivity contribution is 6.33. The van der Waals surface area contributed by atoms with Crippen molar-refractivity contribution in [2.45, 2.75) is 6.42 Å². The van der Waals surface area contributed by atoms with E-state index in [0.29, 0.717) is 12.2 Å². The van der Waals surface area contributed by atoms with E-state index < -0.39 is 10.9 Å². The van der Waals surface area contributed by atoms with E-state index in [1.807, 2.05) is 0 Å². The zero-order valence-corrected chi connectivity index (χ0v) is 10.8. The maximum Gasteiger partial charge on any atom is 0.305 e. The van der Waals surface area contributed by atoms with Crippen molar-refractivity contribution in [2.75, 3.05) is 18.0 Å². The van der Waals surface area contributed by atoms with Crippen LogP contribution in [-0.4, -0.2) is 29.1 Å². The van der Waals surface area contributed by atoms with E-state index in [9.17, 15) is 14.9 Å². The van der Waals surface area contributed by atoms with Crippen LogP contribution in [-0.2, 0) is 4.79 Å². The molecule has 1 rings (SSSR count). The maximum atomic E-state index is 10.6. The number of benzene rings is 1. The maximum absolute atomic E-state index is 10.6. The number of carboxylic acids is 1. The van der Waals surface area contributed by atoms with E-state index in [4.69, 9.17) is 16.7 Å². The average molecular weight is 285 g/mol. The number of aliphatic carboxylic acids is 1. The van der Waals surface area contributed by atoms with Gasteiger partial charge in [-0.15, -0.1) is 6.58 Å². The third kappa shape index (κ3) is 4.26. The second-order valence-electron chi connectivity index (χ2n) is 3.77. The first-order valence-electron chi connectivity index (χ1n) is 5.47. The Hall–Kier alpha value is -2.08. The Balaban J connectivity index is 2.98. The van der Waals surface area contributed by atoms with Crippen molar-refractivity contribution in [2.24, 2.45) is 0 Å². The van der Waals surface area contributed by atoms with Crippen LogP contribution >= 0.6 is 11.6 Å². The van der Waals surface area contributed by atoms with Crippen molar-refractivity contribution in [3.05, 3.63) is 46.0 Å². The number of nitrogens with zero attached hydrogens (tertiary/aromatic N) is 2. The molecule has 0 unspecified atom stereocenters. The van der Waals surface area contributed by atoms with Crippen molar-refractivity contribution >= 4 is 28.9 Å². The van der Waals surface area contributed by atoms with Gasteiger partial charge in [-0.05, 0) is 6.07 Å². The second kappa shape index (κ2) is 6.75. The van der Waals surface area contributed by atoms with Crippen molar-refractivity contribution in [3.8, 4) is 0 Å². The molecule has 102 valence electrons. The van der Waals surface area contributed by atoms with Gasteiger partial charge in [-0.2, -0.15) is 0 Å². The third-order valence-electron chi connectivity index (χ3n) is 2.43. The molecular weight excluding hydrogens is 272 g/mol. The van der Waals surface area contributed by atoms with Gasteiger partial charge in [0.2, 0.25) is 0 Å². The lowest BCUT2D eigenvalue weighted by molar-refractivity contribution is -0.384. The molecular formula is C12H13ClN2O4. The first-order valence-corrected chi connectivity index (χ1v) is 5.85. The molecule has 0 aliphatic carbocycles. The summed E-state index contributed by atoms with van der Waals surface area (Å²) < 4.78 is 0. The van der Waals surface area contributed by atoms with Gasteiger partial charge < -0.3 is 10.0 Å². The summed E-state index contributed by atoms with van der Waals surface area (Å²) in [4.78, 5) is 22.4. The predicted molar refractivity (Wildman–Crippen MR) is 72.8 cm³/mol. The highest BCUT2D eigenvalue weighted by atomic mass is 35.5. The van der Waals surface area contributed by atoms with Crippen molar-refractivity contribution in [1.82, 2.24) is 0 Å². The van der Waals surface area contributed by atoms with Crippen LogP contribution in [0.15, 0.2) is 30.9 Å². The molecule has 0 saturated heterocycles. The molecule has 0 aliphatic heterocycles. The van der Waals surface area contributed by atoms with E-state index >= 15 is 0 Å². The summed E-state index contributed by atoms with van der Waals surface area (Å²) in [5, 5.41) is 19.5. The van der Waals surface area contributed by atoms with Gasteiger partial charge in [0.05, 0.1) is 22.1 Å². The van der Waals surface area contributed by atoms with Gasteiger partial charge in [0.1, 0.15) is 0 Å². The van der Waals surface area contributed by atoms with Crippen molar-refractivity contribution < 1.29 is 14.8 Å². The summed E-state index contributed by atoms with van der Waals surface area (Å²) in [7, 11) is 0. The minimum atomic E-state index is -0.924. The monoisotopic (exact) mass is 284 g/mol.